The fraction of sp³-hybridized carbons (Fsp3) is 0.522. The predicted octanol–water partition coefficient (Wildman–Crippen LogP) is -2.60. The molecular formula is C67H98CuN20O17. The molecule has 0 unspecified atom stereocenters. The molecule has 1 aliphatic rings. The molecule has 0 saturated carbocycles. The second kappa shape index (κ2) is 44.6. The first kappa shape index (κ1) is 86.5. The number of guanidine groups is 1. The largest absolute Gasteiger partial charge is 0.481 e. The molecule has 1 radical (unpaired) electrons. The summed E-state index contributed by atoms with van der Waals surface area (Å²) in [4.78, 5) is 208. The summed E-state index contributed by atoms with van der Waals surface area (Å²) in [5.74, 6) is -10.3. The Kier molecular flexibility index (Phi) is 36.7. The Balaban J connectivity index is 0.0000233. The Morgan fingerprint density at radius 1 is 0.581 bits per heavy atom. The Labute approximate surface area is 616 Å². The van der Waals surface area contributed by atoms with Crippen molar-refractivity contribution >= 4 is 100.0 Å². The number of aromatic nitrogens is 3. The summed E-state index contributed by atoms with van der Waals surface area (Å²) < 4.78 is 0. The van der Waals surface area contributed by atoms with Crippen molar-refractivity contribution in [3.63, 3.8) is 0 Å². The van der Waals surface area contributed by atoms with Gasteiger partial charge in [0.15, 0.2) is 5.96 Å². The number of rotatable bonds is 38. The average molecular weight is 1520 g/mol. The van der Waals surface area contributed by atoms with Gasteiger partial charge in [-0.2, -0.15) is 0 Å². The standard InChI is InChI=1S/C67H98N20O17.Cu/c1-5-6-21-54(83(4)41(2)88)64(100)82-53(35-57(92)93)63(99)81-52(34-45-37-71-40-76-45)62(98)79-50(32-43-15-8-7-9-16-43)61(97)78-49(20-14-23-73-65(69)70)60(96)80-51(33-44-36-74-47-18-11-10-17-46(44)47)59(95)75-38-55(90)77-48(58(68)94)19-12-13-22-72-56(91)39-84-24-26-85(42(3)89)28-29-87(67(103)104)31-30-86(27-25-84)66(101)102;/h7-11,15-18,36-37,40,48-54,74H,5-6,12-14,19-35,38-39H2,1-4H3,(H2,68,94)(H,71,76)(H,72,91)(H,75,95)(H,77,90)(H,78,97)(H,79,98)(H,80,96)(H,81,99)(H,82,100)(H,92,93)(H,101,102)(H,103,104)(H4,69,70,73);/t48-,49-,50+,51-,52-,53-,54-;/m0./s1/i;1+0. The SMILES string of the molecule is CCCC[C@@H](C(=O)N[C@@H](CC(=O)O)C(=O)N[C@@H](Cc1cnc[nH]1)C(=O)N[C@H](Cc1ccccc1)C(=O)N[C@@H](CCCN=C(N)N)C(=O)N[C@@H](Cc1c[nH]c2ccccc12)C(=O)NCC(=O)N[C@@H](CCCCNC(=O)CN1CCN(C(C)=O)CCN(C(=O)O)CCN(C(=O)O)CC1)C(N)=O)N(C)C(C)=O.[64Cu]. The van der Waals surface area contributed by atoms with Gasteiger partial charge in [0.2, 0.25) is 65.0 Å². The maximum Gasteiger partial charge on any atom is 0.407 e. The summed E-state index contributed by atoms with van der Waals surface area (Å²) in [5, 5.41) is 51.0. The summed E-state index contributed by atoms with van der Waals surface area (Å²) in [6.07, 6.45) is 1.94. The number of likely N-dealkylation sites (N-methyl/N-ethyl adjacent to an activating group) is 1. The molecule has 3 heterocycles. The van der Waals surface area contributed by atoms with Crippen molar-refractivity contribution in [2.45, 2.75) is 140 Å². The molecule has 579 valence electrons. The number of aliphatic imine (C=N–C) groups is 1. The predicted molar refractivity (Wildman–Crippen MR) is 377 cm³/mol. The van der Waals surface area contributed by atoms with E-state index in [2.05, 4.69) is 62.5 Å². The van der Waals surface area contributed by atoms with Gasteiger partial charge in [-0.15, -0.1) is 0 Å². The van der Waals surface area contributed by atoms with E-state index < -0.39 is 132 Å². The van der Waals surface area contributed by atoms with Crippen molar-refractivity contribution < 1.29 is 99.5 Å². The van der Waals surface area contributed by atoms with E-state index in [1.807, 2.05) is 6.92 Å². The molecule has 105 heavy (non-hydrogen) atoms. The van der Waals surface area contributed by atoms with Crippen LogP contribution >= 0.6 is 0 Å². The smallest absolute Gasteiger partial charge is 0.407 e. The minimum atomic E-state index is -1.77. The number of carbonyl (C=O) groups is 14. The van der Waals surface area contributed by atoms with Crippen molar-refractivity contribution in [1.82, 2.24) is 82.0 Å². The van der Waals surface area contributed by atoms with Crippen molar-refractivity contribution in [3.05, 3.63) is 90.1 Å². The molecule has 4 aromatic rings. The number of nitrogens with zero attached hydrogens (tertiary/aromatic N) is 7. The van der Waals surface area contributed by atoms with Gasteiger partial charge in [0.1, 0.15) is 42.3 Å². The van der Waals surface area contributed by atoms with Crippen LogP contribution < -0.4 is 59.7 Å². The fourth-order valence-corrected chi connectivity index (χ4v) is 11.3. The molecule has 38 heteroatoms. The molecule has 1 saturated heterocycles. The van der Waals surface area contributed by atoms with Crippen LogP contribution in [0.1, 0.15) is 95.4 Å². The number of amides is 13. The maximum atomic E-state index is 14.9. The van der Waals surface area contributed by atoms with Gasteiger partial charge in [-0.3, -0.25) is 67.4 Å². The van der Waals surface area contributed by atoms with E-state index in [4.69, 9.17) is 17.2 Å². The number of para-hydroxylation sites is 1. The van der Waals surface area contributed by atoms with E-state index in [0.29, 0.717) is 47.0 Å². The number of imidazole rings is 1. The molecule has 19 N–H and O–H groups in total. The number of nitrogens with two attached hydrogens (primary N) is 3. The molecule has 2 aromatic heterocycles. The molecule has 37 nitrogen and oxygen atoms in total. The van der Waals surface area contributed by atoms with E-state index in [1.54, 1.807) is 65.7 Å². The number of aromatic amines is 2. The first-order valence-electron chi connectivity index (χ1n) is 34.2. The summed E-state index contributed by atoms with van der Waals surface area (Å²) in [7, 11) is 1.40. The molecule has 5 rings (SSSR count). The van der Waals surface area contributed by atoms with E-state index in [-0.39, 0.29) is 152 Å². The number of nitrogens with one attached hydrogen (secondary N) is 10. The van der Waals surface area contributed by atoms with Crippen LogP contribution in [0.2, 0.25) is 0 Å². The van der Waals surface area contributed by atoms with Crippen LogP contribution in [0.3, 0.4) is 0 Å². The first-order valence-corrected chi connectivity index (χ1v) is 34.2. The number of H-pyrrole nitrogens is 2. The summed E-state index contributed by atoms with van der Waals surface area (Å²) in [5.41, 5.74) is 19.0. The Hall–Kier alpha value is -10.9. The number of unbranched alkanes of at least 4 members (excludes halogenated alkanes) is 2. The Bertz CT molecular complexity index is 3590. The van der Waals surface area contributed by atoms with Gasteiger partial charge in [0.25, 0.3) is 0 Å². The third-order valence-corrected chi connectivity index (χ3v) is 17.3. The average Bonchev–Trinajstić information content (AvgIpc) is 1.80. The second-order valence-electron chi connectivity index (χ2n) is 25.1. The monoisotopic (exact) mass is 1520 g/mol. The van der Waals surface area contributed by atoms with E-state index in [9.17, 15) is 82.4 Å². The molecule has 1 fully saturated rings. The van der Waals surface area contributed by atoms with Gasteiger partial charge < -0.3 is 105 Å². The van der Waals surface area contributed by atoms with Crippen LogP contribution in [0.4, 0.5) is 9.59 Å². The van der Waals surface area contributed by atoms with Gasteiger partial charge in [-0.05, 0) is 55.7 Å². The second-order valence-corrected chi connectivity index (χ2v) is 25.1. The van der Waals surface area contributed by atoms with Crippen LogP contribution in [0.15, 0.2) is 78.3 Å². The van der Waals surface area contributed by atoms with Gasteiger partial charge in [-0.25, -0.2) is 14.6 Å². The third kappa shape index (κ3) is 30.2. The normalized spacial score (nSPS) is 14.7. The molecule has 0 spiro atoms. The number of hydrogen-bond acceptors (Lipinski definition) is 17. The van der Waals surface area contributed by atoms with Gasteiger partial charge >= 0.3 is 18.2 Å². The fourth-order valence-electron chi connectivity index (χ4n) is 11.3. The number of primary amides is 1. The van der Waals surface area contributed by atoms with E-state index >= 15 is 0 Å². The Morgan fingerprint density at radius 2 is 1.13 bits per heavy atom. The summed E-state index contributed by atoms with van der Waals surface area (Å²) in [6.45, 7) is 3.71. The van der Waals surface area contributed by atoms with Crippen molar-refractivity contribution in [3.8, 4) is 0 Å². The van der Waals surface area contributed by atoms with Crippen molar-refractivity contribution in [2.75, 3.05) is 85.6 Å². The zero-order chi connectivity index (χ0) is 76.4. The first-order chi connectivity index (χ1) is 49.5. The van der Waals surface area contributed by atoms with E-state index in [0.717, 1.165) is 9.80 Å². The van der Waals surface area contributed by atoms with Crippen LogP contribution in [0.25, 0.3) is 10.9 Å². The van der Waals surface area contributed by atoms with Crippen LogP contribution in [-0.4, -0.2) is 272 Å². The van der Waals surface area contributed by atoms with Gasteiger partial charge in [-0.1, -0.05) is 68.3 Å². The van der Waals surface area contributed by atoms with Crippen molar-refractivity contribution in [1.29, 1.82) is 0 Å². The number of carbonyl (C=O) groups excluding carboxylic acids is 11. The van der Waals surface area contributed by atoms with Gasteiger partial charge in [0, 0.05) is 152 Å². The van der Waals surface area contributed by atoms with Crippen molar-refractivity contribution in [2.24, 2.45) is 22.2 Å². The summed E-state index contributed by atoms with van der Waals surface area (Å²) in [6, 6.07) is 5.34. The molecular weight excluding hydrogens is 1420 g/mol. The molecule has 7 atom stereocenters. The number of carboxylic acids is 1. The number of fused-ring (bicyclic) bond motifs is 1. The molecule has 1 aliphatic heterocycles. The molecule has 0 aliphatic carbocycles. The number of benzene rings is 2. The van der Waals surface area contributed by atoms with Crippen LogP contribution in [0, 0.1) is 0 Å². The van der Waals surface area contributed by atoms with Gasteiger partial charge in [0.05, 0.1) is 25.8 Å². The molecule has 2 aromatic carbocycles. The zero-order valence-electron chi connectivity index (χ0n) is 59.2. The minimum Gasteiger partial charge on any atom is -0.481 e. The zero-order valence-corrected chi connectivity index (χ0v) is 60.1. The topological polar surface area (TPSA) is 547 Å². The maximum absolute atomic E-state index is 14.9. The number of hydrogen-bond donors (Lipinski definition) is 16. The van der Waals surface area contributed by atoms with Crippen LogP contribution in [0.5, 0.6) is 0 Å². The number of carboxylic acid groups (broad SMARTS) is 3. The van der Waals surface area contributed by atoms with E-state index in [1.165, 1.54) is 43.2 Å². The van der Waals surface area contributed by atoms with Crippen LogP contribution in [-0.2, 0) is 93.9 Å². The molecule has 0 bridgehead atoms. The Morgan fingerprint density at radius 3 is 1.71 bits per heavy atom. The number of aliphatic carboxylic acids is 1. The quantitative estimate of drug-likeness (QED) is 0.00947. The molecule has 13 amide bonds. The minimum absolute atomic E-state index is 0. The summed E-state index contributed by atoms with van der Waals surface area (Å²) >= 11 is 0. The third-order valence-electron chi connectivity index (χ3n) is 17.3.